The van der Waals surface area contributed by atoms with E-state index in [0.29, 0.717) is 6.20 Å². The van der Waals surface area contributed by atoms with Crippen LogP contribution >= 0.6 is 0 Å². The minimum Gasteiger partial charge on any atom is -0.458 e. The van der Waals surface area contributed by atoms with Gasteiger partial charge in [0.05, 0.1) is 7.57 Å². The van der Waals surface area contributed by atoms with Crippen molar-refractivity contribution in [2.45, 2.75) is 44.5 Å². The standard InChI is InChI=1S/C14H19F2N3O6/c1-6(2)9(17)12(22)24-5-14(16)3-8(20)11(25-14)19-4-7(15)10(21)18-13(19)23/h4,6,8-9,11,20H,3,5,17H2,1-2H3,(H,18,21,23)/t8-,9+,11-,14+/m1/s1/i11D. The summed E-state index contributed by atoms with van der Waals surface area (Å²) in [5, 5.41) is 9.99. The third kappa shape index (κ3) is 4.11. The number of aromatic nitrogens is 2. The van der Waals surface area contributed by atoms with Gasteiger partial charge in [-0.25, -0.2) is 9.18 Å². The Hall–Kier alpha value is -2.11. The van der Waals surface area contributed by atoms with E-state index in [2.05, 4.69) is 0 Å². The molecule has 0 radical (unpaired) electrons. The van der Waals surface area contributed by atoms with Crippen LogP contribution < -0.4 is 17.0 Å². The van der Waals surface area contributed by atoms with Crippen LogP contribution in [0.2, 0.25) is 0 Å². The van der Waals surface area contributed by atoms with Crippen LogP contribution in [0.15, 0.2) is 15.8 Å². The Balaban J connectivity index is 2.22. The Morgan fingerprint density at radius 1 is 1.68 bits per heavy atom. The molecule has 25 heavy (non-hydrogen) atoms. The van der Waals surface area contributed by atoms with Gasteiger partial charge in [-0.1, -0.05) is 13.8 Å². The van der Waals surface area contributed by atoms with E-state index in [9.17, 15) is 28.3 Å². The second kappa shape index (κ2) is 7.02. The fourth-order valence-corrected chi connectivity index (χ4v) is 2.13. The second-order valence-corrected chi connectivity index (χ2v) is 6.03. The number of esters is 1. The van der Waals surface area contributed by atoms with Gasteiger partial charge in [0.15, 0.2) is 12.8 Å². The number of hydrogen-bond donors (Lipinski definition) is 3. The van der Waals surface area contributed by atoms with Crippen molar-refractivity contribution in [3.8, 4) is 0 Å². The first-order chi connectivity index (χ1) is 11.9. The molecule has 2 rings (SSSR count). The lowest BCUT2D eigenvalue weighted by Gasteiger charge is -2.22. The number of nitrogens with one attached hydrogen (secondary N) is 1. The van der Waals surface area contributed by atoms with E-state index in [-0.39, 0.29) is 10.5 Å². The van der Waals surface area contributed by atoms with E-state index in [1.54, 1.807) is 18.8 Å². The molecule has 0 spiro atoms. The van der Waals surface area contributed by atoms with E-state index in [1.165, 1.54) is 0 Å². The van der Waals surface area contributed by atoms with Crippen LogP contribution in [0.3, 0.4) is 0 Å². The number of carbonyl (C=O) groups is 1. The summed E-state index contributed by atoms with van der Waals surface area (Å²) in [5.74, 6) is -5.44. The number of aliphatic hydroxyl groups is 1. The molecule has 0 aliphatic carbocycles. The molecule has 1 aromatic rings. The number of aromatic amines is 1. The van der Waals surface area contributed by atoms with E-state index >= 15 is 0 Å². The SMILES string of the molecule is [2H][C@@]1(n2cc(F)c(=O)[nH]c2=O)O[C@](F)(COC(=O)[C@@H](N)C(C)C)C[C@H]1O. The summed E-state index contributed by atoms with van der Waals surface area (Å²) in [6.45, 7) is 2.31. The summed E-state index contributed by atoms with van der Waals surface area (Å²) < 4.78 is 46.0. The van der Waals surface area contributed by atoms with Crippen LogP contribution in [0.25, 0.3) is 0 Å². The number of hydrogen-bond acceptors (Lipinski definition) is 7. The average molecular weight is 364 g/mol. The van der Waals surface area contributed by atoms with Gasteiger partial charge in [0.1, 0.15) is 12.1 Å². The number of aliphatic hydroxyl groups excluding tert-OH is 1. The van der Waals surface area contributed by atoms with Gasteiger partial charge in [-0.05, 0) is 5.92 Å². The van der Waals surface area contributed by atoms with Crippen molar-refractivity contribution in [2.75, 3.05) is 6.61 Å². The number of nitrogens with zero attached hydrogens (tertiary/aromatic N) is 1. The van der Waals surface area contributed by atoms with E-state index in [1.807, 2.05) is 0 Å². The molecular formula is C14H19F2N3O6. The normalized spacial score (nSPS) is 31.0. The molecule has 1 aliphatic rings. The lowest BCUT2D eigenvalue weighted by Crippen LogP contribution is -2.40. The maximum absolute atomic E-state index is 14.8. The van der Waals surface area contributed by atoms with Crippen LogP contribution in [0.5, 0.6) is 0 Å². The highest BCUT2D eigenvalue weighted by atomic mass is 19.2. The number of ether oxygens (including phenoxy) is 2. The van der Waals surface area contributed by atoms with Crippen molar-refractivity contribution in [2.24, 2.45) is 11.7 Å². The van der Waals surface area contributed by atoms with E-state index in [0.717, 1.165) is 0 Å². The molecule has 0 unspecified atom stereocenters. The fourth-order valence-electron chi connectivity index (χ4n) is 2.13. The third-order valence-corrected chi connectivity index (χ3v) is 3.63. The first-order valence-corrected chi connectivity index (χ1v) is 7.41. The van der Waals surface area contributed by atoms with Crippen LogP contribution in [0, 0.1) is 11.7 Å². The van der Waals surface area contributed by atoms with Gasteiger partial charge in [-0.3, -0.25) is 19.1 Å². The lowest BCUT2D eigenvalue weighted by atomic mass is 10.1. The number of carbonyl (C=O) groups excluding carboxylic acids is 1. The quantitative estimate of drug-likeness (QED) is 0.579. The fraction of sp³-hybridized carbons (Fsp3) is 0.643. The van der Waals surface area contributed by atoms with E-state index < -0.39 is 60.3 Å². The van der Waals surface area contributed by atoms with Crippen molar-refractivity contribution in [3.05, 3.63) is 32.9 Å². The van der Waals surface area contributed by atoms with Gasteiger partial charge < -0.3 is 20.3 Å². The maximum atomic E-state index is 14.8. The molecule has 0 saturated carbocycles. The van der Waals surface area contributed by atoms with Crippen LogP contribution in [0.4, 0.5) is 8.78 Å². The van der Waals surface area contributed by atoms with Crippen LogP contribution in [0.1, 0.15) is 27.8 Å². The highest BCUT2D eigenvalue weighted by molar-refractivity contribution is 5.75. The molecule has 1 fully saturated rings. The summed E-state index contributed by atoms with van der Waals surface area (Å²) >= 11 is 0. The zero-order valence-electron chi connectivity index (χ0n) is 14.5. The minimum absolute atomic E-state index is 0.206. The number of H-pyrrole nitrogens is 1. The monoisotopic (exact) mass is 364 g/mol. The van der Waals surface area contributed by atoms with Gasteiger partial charge in [0.25, 0.3) is 5.56 Å². The molecule has 0 bridgehead atoms. The Labute approximate surface area is 141 Å². The predicted octanol–water partition coefficient (Wildman–Crippen LogP) is -0.852. The highest BCUT2D eigenvalue weighted by Gasteiger charge is 2.49. The second-order valence-electron chi connectivity index (χ2n) is 6.03. The summed E-state index contributed by atoms with van der Waals surface area (Å²) in [7, 11) is 0. The van der Waals surface area contributed by atoms with Crippen molar-refractivity contribution in [1.82, 2.24) is 9.55 Å². The zero-order valence-corrected chi connectivity index (χ0v) is 13.5. The topological polar surface area (TPSA) is 137 Å². The Bertz CT molecular complexity index is 815. The Kier molecular flexibility index (Phi) is 4.97. The van der Waals surface area contributed by atoms with Crippen LogP contribution in [-0.2, 0) is 14.3 Å². The Morgan fingerprint density at radius 2 is 2.32 bits per heavy atom. The predicted molar refractivity (Wildman–Crippen MR) is 79.6 cm³/mol. The van der Waals surface area contributed by atoms with Crippen molar-refractivity contribution in [1.29, 1.82) is 0 Å². The van der Waals surface area contributed by atoms with Gasteiger partial charge in [-0.15, -0.1) is 0 Å². The molecule has 11 heteroatoms. The molecule has 1 aliphatic heterocycles. The van der Waals surface area contributed by atoms with Gasteiger partial charge in [-0.2, -0.15) is 4.39 Å². The molecule has 140 valence electrons. The molecule has 2 heterocycles. The van der Waals surface area contributed by atoms with Gasteiger partial charge >= 0.3 is 11.7 Å². The summed E-state index contributed by atoms with van der Waals surface area (Å²) in [4.78, 5) is 36.1. The smallest absolute Gasteiger partial charge is 0.330 e. The zero-order chi connectivity index (χ0) is 19.9. The average Bonchev–Trinajstić information content (AvgIpc) is 2.78. The third-order valence-electron chi connectivity index (χ3n) is 3.63. The summed E-state index contributed by atoms with van der Waals surface area (Å²) in [5.41, 5.74) is 2.94. The number of nitrogens with two attached hydrogens (primary N) is 1. The number of halogens is 2. The van der Waals surface area contributed by atoms with Crippen LogP contribution in [-0.4, -0.2) is 45.2 Å². The van der Waals surface area contributed by atoms with Crippen molar-refractivity contribution in [3.63, 3.8) is 0 Å². The first kappa shape index (κ1) is 17.7. The lowest BCUT2D eigenvalue weighted by molar-refractivity contribution is -0.197. The number of alkyl halides is 1. The molecule has 9 nitrogen and oxygen atoms in total. The molecular weight excluding hydrogens is 344 g/mol. The van der Waals surface area contributed by atoms with Gasteiger partial charge in [0, 0.05) is 6.42 Å². The molecule has 4 N–H and O–H groups in total. The minimum atomic E-state index is -2.82. The summed E-state index contributed by atoms with van der Waals surface area (Å²) in [6, 6.07) is -1.01. The van der Waals surface area contributed by atoms with Gasteiger partial charge in [0.2, 0.25) is 11.7 Å². The largest absolute Gasteiger partial charge is 0.458 e. The first-order valence-electron chi connectivity index (χ1n) is 7.91. The molecule has 0 amide bonds. The highest BCUT2D eigenvalue weighted by Crippen LogP contribution is 2.37. The summed E-state index contributed by atoms with van der Waals surface area (Å²) in [6.07, 6.45) is -5.21. The Morgan fingerprint density at radius 3 is 2.92 bits per heavy atom. The van der Waals surface area contributed by atoms with Crippen molar-refractivity contribution < 1.29 is 29.5 Å². The molecule has 1 saturated heterocycles. The number of rotatable bonds is 5. The molecule has 1 aromatic heterocycles. The molecule has 0 aromatic carbocycles. The maximum Gasteiger partial charge on any atom is 0.330 e. The van der Waals surface area contributed by atoms with Crippen molar-refractivity contribution >= 4 is 5.97 Å². The molecule has 4 atom stereocenters. The van der Waals surface area contributed by atoms with E-state index in [4.69, 9.17) is 16.6 Å².